The summed E-state index contributed by atoms with van der Waals surface area (Å²) in [5.41, 5.74) is 0.351. The molecule has 20 heavy (non-hydrogen) atoms. The van der Waals surface area contributed by atoms with Gasteiger partial charge in [0.05, 0.1) is 12.7 Å². The third-order valence-electron chi connectivity index (χ3n) is 5.31. The van der Waals surface area contributed by atoms with E-state index in [9.17, 15) is 5.11 Å². The van der Waals surface area contributed by atoms with Crippen molar-refractivity contribution in [2.45, 2.75) is 72.4 Å². The molecule has 0 heterocycles. The van der Waals surface area contributed by atoms with E-state index in [0.29, 0.717) is 17.4 Å². The summed E-state index contributed by atoms with van der Waals surface area (Å²) < 4.78 is 5.53. The Morgan fingerprint density at radius 1 is 1.20 bits per heavy atom. The predicted molar refractivity (Wildman–Crippen MR) is 84.9 cm³/mol. The lowest BCUT2D eigenvalue weighted by atomic mass is 9.66. The molecule has 0 radical (unpaired) electrons. The van der Waals surface area contributed by atoms with Crippen LogP contribution in [0.4, 0.5) is 0 Å². The Bertz CT molecular complexity index is 268. The highest BCUT2D eigenvalue weighted by atomic mass is 16.5. The van der Waals surface area contributed by atoms with E-state index in [0.717, 1.165) is 45.6 Å². The van der Waals surface area contributed by atoms with Crippen LogP contribution >= 0.6 is 0 Å². The van der Waals surface area contributed by atoms with Crippen LogP contribution in [0.25, 0.3) is 0 Å². The fourth-order valence-electron chi connectivity index (χ4n) is 3.59. The van der Waals surface area contributed by atoms with Crippen molar-refractivity contribution in [2.75, 3.05) is 26.3 Å². The number of aliphatic hydroxyl groups is 1. The van der Waals surface area contributed by atoms with Crippen molar-refractivity contribution >= 4 is 0 Å². The molecule has 0 bridgehead atoms. The van der Waals surface area contributed by atoms with Crippen LogP contribution in [-0.2, 0) is 4.74 Å². The number of aliphatic hydroxyl groups excluding tert-OH is 1. The molecule has 0 spiro atoms. The number of likely N-dealkylation sites (N-methyl/N-ethyl adjacent to an activating group) is 1. The van der Waals surface area contributed by atoms with Gasteiger partial charge in [-0.25, -0.2) is 0 Å². The number of nitrogens with zero attached hydrogens (tertiary/aromatic N) is 1. The second-order valence-electron chi connectivity index (χ2n) is 6.81. The van der Waals surface area contributed by atoms with Crippen LogP contribution in [0.5, 0.6) is 0 Å². The van der Waals surface area contributed by atoms with Crippen molar-refractivity contribution in [2.24, 2.45) is 11.3 Å². The van der Waals surface area contributed by atoms with Gasteiger partial charge in [0, 0.05) is 19.2 Å². The molecule has 1 fully saturated rings. The highest BCUT2D eigenvalue weighted by Gasteiger charge is 2.40. The first-order chi connectivity index (χ1) is 9.46. The van der Waals surface area contributed by atoms with Crippen molar-refractivity contribution in [3.63, 3.8) is 0 Å². The minimum Gasteiger partial charge on any atom is -0.393 e. The Labute approximate surface area is 125 Å². The van der Waals surface area contributed by atoms with E-state index in [-0.39, 0.29) is 6.10 Å². The standard InChI is InChI=1S/C17H35NO2/c1-6-17(4,5)15-10-9-14(19)13-16(15)18(7-2)11-12-20-8-3/h14-16,19H,6-13H2,1-5H3. The average molecular weight is 285 g/mol. The molecule has 0 aromatic heterocycles. The lowest BCUT2D eigenvalue weighted by Gasteiger charge is -2.48. The maximum Gasteiger partial charge on any atom is 0.0593 e. The number of hydrogen-bond acceptors (Lipinski definition) is 3. The van der Waals surface area contributed by atoms with Crippen molar-refractivity contribution in [1.82, 2.24) is 4.90 Å². The van der Waals surface area contributed by atoms with Gasteiger partial charge in [0.15, 0.2) is 0 Å². The summed E-state index contributed by atoms with van der Waals surface area (Å²) in [4.78, 5) is 2.53. The number of hydrogen-bond donors (Lipinski definition) is 1. The lowest BCUT2D eigenvalue weighted by molar-refractivity contribution is -0.0249. The zero-order chi connectivity index (χ0) is 15.2. The van der Waals surface area contributed by atoms with Crippen molar-refractivity contribution < 1.29 is 9.84 Å². The molecule has 1 saturated carbocycles. The molecule has 3 nitrogen and oxygen atoms in total. The van der Waals surface area contributed by atoms with Gasteiger partial charge in [-0.15, -0.1) is 0 Å². The molecule has 0 aromatic rings. The maximum absolute atomic E-state index is 10.1. The van der Waals surface area contributed by atoms with Crippen molar-refractivity contribution in [3.05, 3.63) is 0 Å². The molecule has 1 rings (SSSR count). The van der Waals surface area contributed by atoms with Gasteiger partial charge < -0.3 is 9.84 Å². The van der Waals surface area contributed by atoms with Crippen LogP contribution < -0.4 is 0 Å². The average Bonchev–Trinajstić information content (AvgIpc) is 2.43. The van der Waals surface area contributed by atoms with Crippen molar-refractivity contribution in [1.29, 1.82) is 0 Å². The number of ether oxygens (including phenoxy) is 1. The zero-order valence-corrected chi connectivity index (χ0v) is 14.2. The molecular weight excluding hydrogens is 250 g/mol. The van der Waals surface area contributed by atoms with Crippen LogP contribution in [0, 0.1) is 11.3 Å². The minimum atomic E-state index is -0.120. The summed E-state index contributed by atoms with van der Waals surface area (Å²) in [5.74, 6) is 0.678. The first kappa shape index (κ1) is 17.9. The predicted octanol–water partition coefficient (Wildman–Crippen LogP) is 3.31. The van der Waals surface area contributed by atoms with E-state index in [4.69, 9.17) is 4.74 Å². The summed E-state index contributed by atoms with van der Waals surface area (Å²) in [6.45, 7) is 15.0. The fraction of sp³-hybridized carbons (Fsp3) is 1.00. The van der Waals surface area contributed by atoms with E-state index in [1.54, 1.807) is 0 Å². The second-order valence-corrected chi connectivity index (χ2v) is 6.81. The molecule has 3 atom stereocenters. The van der Waals surface area contributed by atoms with Gasteiger partial charge >= 0.3 is 0 Å². The minimum absolute atomic E-state index is 0.120. The third-order valence-corrected chi connectivity index (χ3v) is 5.31. The van der Waals surface area contributed by atoms with Gasteiger partial charge in [-0.05, 0) is 44.1 Å². The van der Waals surface area contributed by atoms with E-state index in [2.05, 4.69) is 32.6 Å². The third kappa shape index (κ3) is 4.71. The monoisotopic (exact) mass is 285 g/mol. The van der Waals surface area contributed by atoms with Crippen LogP contribution in [0.1, 0.15) is 60.3 Å². The van der Waals surface area contributed by atoms with Gasteiger partial charge in [0.2, 0.25) is 0 Å². The largest absolute Gasteiger partial charge is 0.393 e. The normalized spacial score (nSPS) is 28.1. The van der Waals surface area contributed by atoms with Crippen LogP contribution in [0.15, 0.2) is 0 Å². The molecule has 0 aromatic carbocycles. The Hall–Kier alpha value is -0.120. The topological polar surface area (TPSA) is 32.7 Å². The lowest BCUT2D eigenvalue weighted by Crippen LogP contribution is -2.51. The molecule has 1 N–H and O–H groups in total. The Morgan fingerprint density at radius 2 is 1.90 bits per heavy atom. The van der Waals surface area contributed by atoms with E-state index >= 15 is 0 Å². The molecule has 0 amide bonds. The fourth-order valence-corrected chi connectivity index (χ4v) is 3.59. The van der Waals surface area contributed by atoms with Crippen LogP contribution in [0.3, 0.4) is 0 Å². The quantitative estimate of drug-likeness (QED) is 0.695. The van der Waals surface area contributed by atoms with Gasteiger partial charge in [-0.3, -0.25) is 4.90 Å². The summed E-state index contributed by atoms with van der Waals surface area (Å²) in [5, 5.41) is 10.1. The molecule has 0 saturated heterocycles. The first-order valence-electron chi connectivity index (χ1n) is 8.46. The molecule has 120 valence electrons. The van der Waals surface area contributed by atoms with Gasteiger partial charge in [-0.2, -0.15) is 0 Å². The van der Waals surface area contributed by atoms with Gasteiger partial charge in [-0.1, -0.05) is 34.1 Å². The molecule has 1 aliphatic carbocycles. The maximum atomic E-state index is 10.1. The summed E-state index contributed by atoms with van der Waals surface area (Å²) >= 11 is 0. The van der Waals surface area contributed by atoms with Crippen LogP contribution in [0.2, 0.25) is 0 Å². The van der Waals surface area contributed by atoms with Gasteiger partial charge in [0.25, 0.3) is 0 Å². The van der Waals surface area contributed by atoms with E-state index < -0.39 is 0 Å². The smallest absolute Gasteiger partial charge is 0.0593 e. The molecular formula is C17H35NO2. The molecule has 3 heteroatoms. The Kier molecular flexibility index (Phi) is 7.49. The highest BCUT2D eigenvalue weighted by Crippen LogP contribution is 2.42. The molecule has 3 unspecified atom stereocenters. The highest BCUT2D eigenvalue weighted by molar-refractivity contribution is 4.93. The Balaban J connectivity index is 2.76. The SMILES string of the molecule is CCOCCN(CC)C1CC(O)CCC1C(C)(C)CC. The number of rotatable bonds is 8. The second kappa shape index (κ2) is 8.35. The summed E-state index contributed by atoms with van der Waals surface area (Å²) in [6, 6.07) is 0.499. The van der Waals surface area contributed by atoms with Gasteiger partial charge in [0.1, 0.15) is 0 Å². The summed E-state index contributed by atoms with van der Waals surface area (Å²) in [7, 11) is 0. The van der Waals surface area contributed by atoms with Crippen LogP contribution in [-0.4, -0.2) is 48.5 Å². The van der Waals surface area contributed by atoms with E-state index in [1.165, 1.54) is 6.42 Å². The Morgan fingerprint density at radius 3 is 2.45 bits per heavy atom. The van der Waals surface area contributed by atoms with Crippen molar-refractivity contribution in [3.8, 4) is 0 Å². The zero-order valence-electron chi connectivity index (χ0n) is 14.2. The summed E-state index contributed by atoms with van der Waals surface area (Å²) in [6.07, 6.45) is 4.12. The molecule has 0 aliphatic heterocycles. The van der Waals surface area contributed by atoms with E-state index in [1.807, 2.05) is 6.92 Å². The molecule has 1 aliphatic rings. The first-order valence-corrected chi connectivity index (χ1v) is 8.46.